The zero-order chi connectivity index (χ0) is 13.8. The Balaban J connectivity index is 2.01. The van der Waals surface area contributed by atoms with E-state index in [1.807, 2.05) is 6.92 Å². The largest absolute Gasteiger partial charge is 0.370 e. The van der Waals surface area contributed by atoms with Crippen LogP contribution in [0.3, 0.4) is 0 Å². The third-order valence-corrected chi connectivity index (χ3v) is 4.00. The van der Waals surface area contributed by atoms with Crippen molar-refractivity contribution in [1.82, 2.24) is 9.55 Å². The molecule has 0 aromatic carbocycles. The van der Waals surface area contributed by atoms with Gasteiger partial charge in [0.15, 0.2) is 6.23 Å². The number of aromatic amines is 1. The first-order chi connectivity index (χ1) is 8.95. The molecule has 6 nitrogen and oxygen atoms in total. The fraction of sp³-hybridized carbons (Fsp3) is 0.667. The van der Waals surface area contributed by atoms with E-state index in [9.17, 15) is 9.59 Å². The van der Waals surface area contributed by atoms with Crippen molar-refractivity contribution in [2.45, 2.75) is 38.2 Å². The first kappa shape index (κ1) is 10.5. The van der Waals surface area contributed by atoms with Gasteiger partial charge in [-0.1, -0.05) is 13.8 Å². The normalized spacial score (nSPS) is 40.8. The van der Waals surface area contributed by atoms with Gasteiger partial charge in [-0.25, -0.2) is 4.79 Å². The summed E-state index contributed by atoms with van der Waals surface area (Å²) in [5.74, 6) is 0.0313. The highest BCUT2D eigenvalue weighted by atomic mass is 16.6. The quantitative estimate of drug-likeness (QED) is 0.820. The van der Waals surface area contributed by atoms with Gasteiger partial charge in [-0.3, -0.25) is 14.3 Å². The van der Waals surface area contributed by atoms with Gasteiger partial charge in [0.2, 0.25) is 0 Å². The Morgan fingerprint density at radius 3 is 3.06 bits per heavy atom. The summed E-state index contributed by atoms with van der Waals surface area (Å²) in [6.45, 7) is 4.11. The second kappa shape index (κ2) is 3.80. The zero-order valence-electron chi connectivity index (χ0n) is 11.3. The Labute approximate surface area is 105 Å². The summed E-state index contributed by atoms with van der Waals surface area (Å²) in [5.41, 5.74) is -1.64. The average Bonchev–Trinajstić information content (AvgIpc) is 2.81. The Hall–Kier alpha value is -1.40. The highest BCUT2D eigenvalue weighted by molar-refractivity contribution is 5.04. The predicted molar refractivity (Wildman–Crippen MR) is 63.4 cm³/mol. The summed E-state index contributed by atoms with van der Waals surface area (Å²) in [4.78, 5) is 25.1. The Morgan fingerprint density at radius 1 is 1.67 bits per heavy atom. The van der Waals surface area contributed by atoms with E-state index in [1.54, 1.807) is 6.92 Å². The van der Waals surface area contributed by atoms with Crippen LogP contribution in [0.2, 0.25) is 0 Å². The minimum absolute atomic E-state index is 0.0313. The topological polar surface area (TPSA) is 73.3 Å². The van der Waals surface area contributed by atoms with E-state index in [1.165, 1.54) is 16.8 Å². The lowest BCUT2D eigenvalue weighted by Gasteiger charge is -2.30. The number of hydrogen-bond donors (Lipinski definition) is 1. The lowest BCUT2D eigenvalue weighted by Crippen LogP contribution is -2.40. The van der Waals surface area contributed by atoms with E-state index in [0.717, 1.165) is 0 Å². The molecule has 0 aliphatic carbocycles. The van der Waals surface area contributed by atoms with E-state index in [2.05, 4.69) is 4.98 Å². The maximum Gasteiger partial charge on any atom is 0.330 e. The van der Waals surface area contributed by atoms with Crippen LogP contribution in [0, 0.1) is 5.92 Å². The van der Waals surface area contributed by atoms with Crippen molar-refractivity contribution < 1.29 is 10.8 Å². The highest BCUT2D eigenvalue weighted by Gasteiger charge is 2.58. The molecule has 2 bridgehead atoms. The number of nitrogens with zero attached hydrogens (tertiary/aromatic N) is 1. The molecule has 0 spiro atoms. The summed E-state index contributed by atoms with van der Waals surface area (Å²) in [6, 6.07) is 1.28. The molecule has 0 radical (unpaired) electrons. The molecule has 2 aliphatic heterocycles. The van der Waals surface area contributed by atoms with Gasteiger partial charge in [0.1, 0.15) is 6.10 Å². The van der Waals surface area contributed by atoms with E-state index >= 15 is 0 Å². The number of aromatic nitrogens is 2. The molecule has 1 aromatic heterocycles. The van der Waals surface area contributed by atoms with Crippen molar-refractivity contribution >= 4 is 0 Å². The van der Waals surface area contributed by atoms with Crippen LogP contribution in [0.25, 0.3) is 0 Å². The first-order valence-corrected chi connectivity index (χ1v) is 5.99. The standard InChI is InChI=1S/C12H16N2O4/c1-3-12-6-17-9(7(12)2)10(18-12)14-5-4-8(15)13-11(14)16/h4-5,7,9-10H,3,6H2,1-2H3,(H,13,15,16)/t7-,9+,10+,12-/m0/s1/i3D/t3?,7-,9+,10+,12-. The highest BCUT2D eigenvalue weighted by Crippen LogP contribution is 2.49. The molecule has 18 heavy (non-hydrogen) atoms. The molecular formula is C12H16N2O4. The molecule has 0 saturated carbocycles. The van der Waals surface area contributed by atoms with Crippen LogP contribution < -0.4 is 11.2 Å². The second-order valence-corrected chi connectivity index (χ2v) is 4.83. The van der Waals surface area contributed by atoms with Crippen molar-refractivity contribution in [2.24, 2.45) is 5.92 Å². The summed E-state index contributed by atoms with van der Waals surface area (Å²) in [5, 5.41) is 0. The summed E-state index contributed by atoms with van der Waals surface area (Å²) in [6.07, 6.45) is 0.110. The van der Waals surface area contributed by atoms with Gasteiger partial charge in [0.05, 0.1) is 12.2 Å². The van der Waals surface area contributed by atoms with Gasteiger partial charge in [-0.2, -0.15) is 0 Å². The van der Waals surface area contributed by atoms with Gasteiger partial charge >= 0.3 is 5.69 Å². The molecule has 1 N–H and O–H groups in total. The molecule has 5 atom stereocenters. The molecule has 2 aliphatic rings. The van der Waals surface area contributed by atoms with Crippen LogP contribution in [0.4, 0.5) is 0 Å². The molecule has 3 rings (SSSR count). The number of rotatable bonds is 2. The molecule has 2 fully saturated rings. The maximum atomic E-state index is 11.8. The summed E-state index contributed by atoms with van der Waals surface area (Å²) < 4.78 is 20.9. The average molecular weight is 253 g/mol. The third-order valence-electron chi connectivity index (χ3n) is 4.00. The number of hydrogen-bond acceptors (Lipinski definition) is 4. The smallest absolute Gasteiger partial charge is 0.330 e. The summed E-state index contributed by atoms with van der Waals surface area (Å²) in [7, 11) is 0. The maximum absolute atomic E-state index is 11.8. The van der Waals surface area contributed by atoms with Crippen molar-refractivity contribution in [3.8, 4) is 0 Å². The third kappa shape index (κ3) is 1.42. The van der Waals surface area contributed by atoms with Gasteiger partial charge in [-0.05, 0) is 6.40 Å². The number of ether oxygens (including phenoxy) is 2. The molecular weight excluding hydrogens is 236 g/mol. The molecule has 2 saturated heterocycles. The van der Waals surface area contributed by atoms with E-state index in [-0.39, 0.29) is 12.0 Å². The molecule has 1 aromatic rings. The van der Waals surface area contributed by atoms with Gasteiger partial charge in [-0.15, -0.1) is 0 Å². The molecule has 6 heteroatoms. The van der Waals surface area contributed by atoms with Crippen LogP contribution in [0.1, 0.15) is 27.8 Å². The minimum Gasteiger partial charge on any atom is -0.370 e. The Morgan fingerprint density at radius 2 is 2.44 bits per heavy atom. The Bertz CT molecular complexity index is 610. The monoisotopic (exact) mass is 253 g/mol. The van der Waals surface area contributed by atoms with E-state index in [4.69, 9.17) is 10.8 Å². The van der Waals surface area contributed by atoms with E-state index in [0.29, 0.717) is 6.61 Å². The fourth-order valence-electron chi connectivity index (χ4n) is 2.80. The zero-order valence-corrected chi connectivity index (χ0v) is 10.3. The van der Waals surface area contributed by atoms with Gasteiger partial charge in [0, 0.05) is 19.6 Å². The lowest BCUT2D eigenvalue weighted by atomic mass is 9.88. The minimum atomic E-state index is -0.676. The van der Waals surface area contributed by atoms with Crippen molar-refractivity contribution in [3.05, 3.63) is 33.1 Å². The molecule has 98 valence electrons. The van der Waals surface area contributed by atoms with Crippen LogP contribution in [-0.2, 0) is 9.47 Å². The van der Waals surface area contributed by atoms with Gasteiger partial charge < -0.3 is 9.47 Å². The molecule has 3 heterocycles. The first-order valence-electron chi connectivity index (χ1n) is 6.56. The van der Waals surface area contributed by atoms with Crippen LogP contribution in [0.15, 0.2) is 21.9 Å². The van der Waals surface area contributed by atoms with Crippen molar-refractivity contribution in [2.75, 3.05) is 6.61 Å². The second-order valence-electron chi connectivity index (χ2n) is 4.83. The van der Waals surface area contributed by atoms with Crippen LogP contribution >= 0.6 is 0 Å². The number of fused-ring (bicyclic) bond motifs is 2. The summed E-state index contributed by atoms with van der Waals surface area (Å²) >= 11 is 0. The van der Waals surface area contributed by atoms with Crippen LogP contribution in [-0.4, -0.2) is 27.9 Å². The SMILES string of the molecule is [2H]C(C)[C@@]12CO[C@@H]([C@H](n3ccc(=O)[nH]c3=O)O1)[C@@H]2C. The van der Waals surface area contributed by atoms with Crippen molar-refractivity contribution in [1.29, 1.82) is 0 Å². The van der Waals surface area contributed by atoms with Crippen molar-refractivity contribution in [3.63, 3.8) is 0 Å². The molecule has 0 amide bonds. The number of nitrogens with one attached hydrogen (secondary N) is 1. The Kier molecular flexibility index (Phi) is 2.22. The lowest BCUT2D eigenvalue weighted by molar-refractivity contribution is -0.174. The van der Waals surface area contributed by atoms with Crippen LogP contribution in [0.5, 0.6) is 0 Å². The van der Waals surface area contributed by atoms with E-state index < -0.39 is 29.5 Å². The fourth-order valence-corrected chi connectivity index (χ4v) is 2.80. The molecule has 1 unspecified atom stereocenters. The van der Waals surface area contributed by atoms with Gasteiger partial charge in [0.25, 0.3) is 5.56 Å². The predicted octanol–water partition coefficient (Wildman–Crippen LogP) is 0.249. The number of H-pyrrole nitrogens is 1.